The first-order chi connectivity index (χ1) is 13.7. The molecule has 0 spiro atoms. The Morgan fingerprint density at radius 1 is 1.14 bits per heavy atom. The molecule has 1 fully saturated rings. The lowest BCUT2D eigenvalue weighted by Crippen LogP contribution is -2.18. The number of allylic oxidation sites excluding steroid dienone is 2. The van der Waals surface area contributed by atoms with Crippen LogP contribution in [0.5, 0.6) is 0 Å². The molecular weight excluding hydrogens is 350 g/mol. The van der Waals surface area contributed by atoms with E-state index >= 15 is 0 Å². The smallest absolute Gasteiger partial charge is 0.0721 e. The molecular formula is C24H43NO3. The summed E-state index contributed by atoms with van der Waals surface area (Å²) < 4.78 is 0. The number of hydrogen-bond donors (Lipinski definition) is 4. The molecule has 0 radical (unpaired) electrons. The minimum Gasteiger partial charge on any atom is -0.396 e. The number of nitrogens with one attached hydrogen (secondary N) is 1. The van der Waals surface area contributed by atoms with Gasteiger partial charge in [-0.05, 0) is 69.9 Å². The highest BCUT2D eigenvalue weighted by molar-refractivity contribution is 5.20. The van der Waals surface area contributed by atoms with Crippen molar-refractivity contribution >= 4 is 0 Å². The predicted octanol–water partition coefficient (Wildman–Crippen LogP) is 3.96. The zero-order chi connectivity index (χ0) is 20.2. The average molecular weight is 394 g/mol. The van der Waals surface area contributed by atoms with E-state index in [9.17, 15) is 10.2 Å². The number of aliphatic hydroxyl groups is 3. The molecule has 0 aliphatic heterocycles. The van der Waals surface area contributed by atoms with Crippen molar-refractivity contribution in [1.82, 2.24) is 5.32 Å². The molecule has 0 unspecified atom stereocenters. The molecule has 0 bridgehead atoms. The van der Waals surface area contributed by atoms with E-state index < -0.39 is 0 Å². The first-order valence-corrected chi connectivity index (χ1v) is 11.7. The van der Waals surface area contributed by atoms with Gasteiger partial charge in [0.1, 0.15) is 0 Å². The second-order valence-corrected chi connectivity index (χ2v) is 8.82. The SMILES string of the molecule is CCCCC[C@@H](O)C=C[C@@H]1[C@H]2CC(CCCCCNCCCO)=C[C@H]2C[C@H]1O. The molecule has 4 nitrogen and oxygen atoms in total. The second-order valence-electron chi connectivity index (χ2n) is 8.82. The van der Waals surface area contributed by atoms with Crippen LogP contribution in [-0.4, -0.2) is 47.2 Å². The molecule has 1 saturated carbocycles. The Bertz CT molecular complexity index is 476. The topological polar surface area (TPSA) is 72.7 Å². The van der Waals surface area contributed by atoms with E-state index in [0.29, 0.717) is 11.8 Å². The van der Waals surface area contributed by atoms with Crippen LogP contribution in [0.2, 0.25) is 0 Å². The van der Waals surface area contributed by atoms with Gasteiger partial charge in [0.2, 0.25) is 0 Å². The molecule has 0 aromatic heterocycles. The highest BCUT2D eigenvalue weighted by Gasteiger charge is 2.43. The summed E-state index contributed by atoms with van der Waals surface area (Å²) in [6.45, 7) is 4.41. The molecule has 4 N–H and O–H groups in total. The summed E-state index contributed by atoms with van der Waals surface area (Å²) in [6.07, 6.45) is 17.9. The van der Waals surface area contributed by atoms with Crippen molar-refractivity contribution in [2.75, 3.05) is 19.7 Å². The van der Waals surface area contributed by atoms with Crippen LogP contribution in [0.25, 0.3) is 0 Å². The molecule has 0 heterocycles. The molecule has 0 aromatic carbocycles. The van der Waals surface area contributed by atoms with Crippen LogP contribution in [0, 0.1) is 17.8 Å². The van der Waals surface area contributed by atoms with Crippen LogP contribution >= 0.6 is 0 Å². The van der Waals surface area contributed by atoms with Gasteiger partial charge in [-0.2, -0.15) is 0 Å². The molecule has 162 valence electrons. The van der Waals surface area contributed by atoms with Gasteiger partial charge >= 0.3 is 0 Å². The fourth-order valence-electron chi connectivity index (χ4n) is 4.85. The maximum atomic E-state index is 10.5. The Labute approximate surface area is 172 Å². The van der Waals surface area contributed by atoms with Crippen molar-refractivity contribution in [2.24, 2.45) is 17.8 Å². The second kappa shape index (κ2) is 13.5. The van der Waals surface area contributed by atoms with Crippen molar-refractivity contribution in [3.8, 4) is 0 Å². The van der Waals surface area contributed by atoms with Crippen LogP contribution in [0.1, 0.15) is 77.6 Å². The highest BCUT2D eigenvalue weighted by atomic mass is 16.3. The van der Waals surface area contributed by atoms with Crippen molar-refractivity contribution < 1.29 is 15.3 Å². The summed E-state index contributed by atoms with van der Waals surface area (Å²) in [5.41, 5.74) is 1.58. The van der Waals surface area contributed by atoms with Gasteiger partial charge in [0.25, 0.3) is 0 Å². The Morgan fingerprint density at radius 3 is 2.75 bits per heavy atom. The third kappa shape index (κ3) is 7.98. The first-order valence-electron chi connectivity index (χ1n) is 11.7. The zero-order valence-electron chi connectivity index (χ0n) is 17.9. The lowest BCUT2D eigenvalue weighted by Gasteiger charge is -2.19. The van der Waals surface area contributed by atoms with Crippen LogP contribution in [0.3, 0.4) is 0 Å². The predicted molar refractivity (Wildman–Crippen MR) is 116 cm³/mol. The zero-order valence-corrected chi connectivity index (χ0v) is 17.9. The summed E-state index contributed by atoms with van der Waals surface area (Å²) in [4.78, 5) is 0. The molecule has 2 aliphatic rings. The van der Waals surface area contributed by atoms with Gasteiger partial charge in [-0.1, -0.05) is 56.4 Å². The summed E-state index contributed by atoms with van der Waals surface area (Å²) in [7, 11) is 0. The molecule has 2 rings (SSSR count). The molecule has 0 aromatic rings. The monoisotopic (exact) mass is 393 g/mol. The Balaban J connectivity index is 1.66. The maximum Gasteiger partial charge on any atom is 0.0721 e. The van der Waals surface area contributed by atoms with Crippen LogP contribution in [-0.2, 0) is 0 Å². The third-order valence-corrected chi connectivity index (χ3v) is 6.47. The molecule has 0 saturated heterocycles. The van der Waals surface area contributed by atoms with Gasteiger partial charge in [-0.3, -0.25) is 0 Å². The Kier molecular flexibility index (Phi) is 11.4. The standard InChI is InChI=1S/C24H43NO3/c1-2-3-5-10-21(27)11-12-22-23-17-19(16-20(23)18-24(22)28)9-6-4-7-13-25-14-8-15-26/h11-12,16,20-28H,2-10,13-15,17-18H2,1H3/t20-,21+,22+,23-,24+/m0/s1. The van der Waals surface area contributed by atoms with Gasteiger partial charge in [-0.25, -0.2) is 0 Å². The molecule has 4 heteroatoms. The number of hydrogen-bond acceptors (Lipinski definition) is 4. The van der Waals surface area contributed by atoms with Gasteiger partial charge in [0.15, 0.2) is 0 Å². The summed E-state index contributed by atoms with van der Waals surface area (Å²) in [6, 6.07) is 0. The van der Waals surface area contributed by atoms with Crippen LogP contribution in [0.15, 0.2) is 23.8 Å². The normalized spacial score (nSPS) is 28.1. The summed E-state index contributed by atoms with van der Waals surface area (Å²) in [5, 5.41) is 32.7. The van der Waals surface area contributed by atoms with E-state index in [0.717, 1.165) is 45.2 Å². The average Bonchev–Trinajstić information content (AvgIpc) is 3.19. The molecule has 0 amide bonds. The lowest BCUT2D eigenvalue weighted by atomic mass is 9.88. The number of fused-ring (bicyclic) bond motifs is 1. The molecule has 28 heavy (non-hydrogen) atoms. The van der Waals surface area contributed by atoms with E-state index in [2.05, 4.69) is 24.4 Å². The highest BCUT2D eigenvalue weighted by Crippen LogP contribution is 2.48. The third-order valence-electron chi connectivity index (χ3n) is 6.47. The number of aliphatic hydroxyl groups excluding tert-OH is 3. The van der Waals surface area contributed by atoms with E-state index in [1.54, 1.807) is 5.57 Å². The van der Waals surface area contributed by atoms with Crippen LogP contribution < -0.4 is 5.32 Å². The number of rotatable bonds is 15. The van der Waals surface area contributed by atoms with E-state index in [1.165, 1.54) is 38.5 Å². The fourth-order valence-corrected chi connectivity index (χ4v) is 4.85. The Morgan fingerprint density at radius 2 is 1.96 bits per heavy atom. The van der Waals surface area contributed by atoms with E-state index in [1.807, 2.05) is 6.08 Å². The van der Waals surface area contributed by atoms with Crippen molar-refractivity contribution in [1.29, 1.82) is 0 Å². The van der Waals surface area contributed by atoms with Gasteiger partial charge in [0, 0.05) is 12.5 Å². The van der Waals surface area contributed by atoms with Crippen molar-refractivity contribution in [3.05, 3.63) is 23.8 Å². The Hall–Kier alpha value is -0.680. The maximum absolute atomic E-state index is 10.5. The number of unbranched alkanes of at least 4 members (excludes halogenated alkanes) is 4. The van der Waals surface area contributed by atoms with Gasteiger partial charge in [-0.15, -0.1) is 0 Å². The summed E-state index contributed by atoms with van der Waals surface area (Å²) >= 11 is 0. The van der Waals surface area contributed by atoms with Crippen LogP contribution in [0.4, 0.5) is 0 Å². The van der Waals surface area contributed by atoms with Crippen molar-refractivity contribution in [3.63, 3.8) is 0 Å². The lowest BCUT2D eigenvalue weighted by molar-refractivity contribution is 0.139. The largest absolute Gasteiger partial charge is 0.396 e. The minimum atomic E-state index is -0.363. The first kappa shape index (κ1) is 23.6. The molecule has 2 aliphatic carbocycles. The minimum absolute atomic E-state index is 0.204. The fraction of sp³-hybridized carbons (Fsp3) is 0.833. The van der Waals surface area contributed by atoms with Gasteiger partial charge < -0.3 is 20.6 Å². The van der Waals surface area contributed by atoms with Gasteiger partial charge in [0.05, 0.1) is 12.2 Å². The van der Waals surface area contributed by atoms with Crippen molar-refractivity contribution in [2.45, 2.75) is 89.8 Å². The summed E-state index contributed by atoms with van der Waals surface area (Å²) in [5.74, 6) is 1.26. The van der Waals surface area contributed by atoms with E-state index in [4.69, 9.17) is 5.11 Å². The molecule has 5 atom stereocenters. The quantitative estimate of drug-likeness (QED) is 0.251. The van der Waals surface area contributed by atoms with E-state index in [-0.39, 0.29) is 24.7 Å².